The number of carbonyl (C=O) groups excluding carboxylic acids is 1. The molecule has 0 aliphatic carbocycles. The molecule has 6 heteroatoms. The van der Waals surface area contributed by atoms with Crippen LogP contribution in [0.25, 0.3) is 5.70 Å². The molecule has 0 bridgehead atoms. The van der Waals surface area contributed by atoms with Crippen LogP contribution in [0.3, 0.4) is 0 Å². The van der Waals surface area contributed by atoms with Crippen LogP contribution in [0.4, 0.5) is 4.39 Å². The molecule has 0 spiro atoms. The maximum absolute atomic E-state index is 12.9. The quantitative estimate of drug-likeness (QED) is 0.885. The third-order valence-electron chi connectivity index (χ3n) is 3.29. The van der Waals surface area contributed by atoms with Crippen molar-refractivity contribution in [3.63, 3.8) is 0 Å². The number of aromatic nitrogens is 1. The normalized spacial score (nSPS) is 11.2. The third-order valence-corrected chi connectivity index (χ3v) is 3.29. The summed E-state index contributed by atoms with van der Waals surface area (Å²) in [5.74, 6) is -1.05. The molecule has 0 saturated heterocycles. The van der Waals surface area contributed by atoms with Crippen molar-refractivity contribution in [2.45, 2.75) is 13.8 Å². The molecule has 0 aliphatic heterocycles. The van der Waals surface area contributed by atoms with Crippen molar-refractivity contribution in [1.82, 2.24) is 9.88 Å². The minimum absolute atomic E-state index is 0.0305. The highest BCUT2D eigenvalue weighted by atomic mass is 19.1. The first kappa shape index (κ1) is 16.0. The van der Waals surface area contributed by atoms with Crippen LogP contribution in [0, 0.1) is 42.3 Å². The number of amides is 1. The lowest BCUT2D eigenvalue weighted by molar-refractivity contribution is 0.0967. The Bertz CT molecular complexity index is 844. The van der Waals surface area contributed by atoms with Gasteiger partial charge in [0.25, 0.3) is 5.91 Å². The molecule has 114 valence electrons. The Balaban J connectivity index is 2.42. The average molecular weight is 308 g/mol. The summed E-state index contributed by atoms with van der Waals surface area (Å²) in [4.78, 5) is 12.1. The zero-order valence-corrected chi connectivity index (χ0v) is 12.6. The van der Waals surface area contributed by atoms with Crippen LogP contribution in [0.1, 0.15) is 21.7 Å². The van der Waals surface area contributed by atoms with Gasteiger partial charge in [-0.1, -0.05) is 0 Å². The Kier molecular flexibility index (Phi) is 4.58. The number of benzene rings is 1. The Labute approximate surface area is 132 Å². The van der Waals surface area contributed by atoms with Gasteiger partial charge in [0, 0.05) is 17.0 Å². The second kappa shape index (κ2) is 6.59. The van der Waals surface area contributed by atoms with Crippen molar-refractivity contribution in [1.29, 1.82) is 10.5 Å². The fourth-order valence-corrected chi connectivity index (χ4v) is 2.17. The number of nitrogens with zero attached hydrogens (tertiary/aromatic N) is 3. The third kappa shape index (κ3) is 3.28. The van der Waals surface area contributed by atoms with Crippen LogP contribution >= 0.6 is 0 Å². The molecule has 1 aromatic heterocycles. The summed E-state index contributed by atoms with van der Waals surface area (Å²) in [5, 5.41) is 21.1. The molecule has 1 amide bonds. The van der Waals surface area contributed by atoms with Gasteiger partial charge in [0.2, 0.25) is 0 Å². The van der Waals surface area contributed by atoms with Gasteiger partial charge in [-0.2, -0.15) is 10.5 Å². The van der Waals surface area contributed by atoms with E-state index in [2.05, 4.69) is 5.32 Å². The Morgan fingerprint density at radius 1 is 1.04 bits per heavy atom. The molecule has 0 saturated carbocycles. The molecule has 1 aromatic carbocycles. The number of nitrogens with one attached hydrogen (secondary N) is 1. The Morgan fingerprint density at radius 3 is 2.09 bits per heavy atom. The number of carbonyl (C=O) groups is 1. The zero-order chi connectivity index (χ0) is 17.0. The van der Waals surface area contributed by atoms with Crippen LogP contribution in [-0.2, 0) is 0 Å². The molecule has 5 nitrogen and oxygen atoms in total. The van der Waals surface area contributed by atoms with Crippen LogP contribution < -0.4 is 5.32 Å². The average Bonchev–Trinajstić information content (AvgIpc) is 2.87. The second-order valence-corrected chi connectivity index (χ2v) is 4.86. The number of hydrogen-bond donors (Lipinski definition) is 1. The van der Waals surface area contributed by atoms with Gasteiger partial charge in [0.05, 0.1) is 0 Å². The molecule has 0 aliphatic rings. The van der Waals surface area contributed by atoms with Crippen molar-refractivity contribution >= 4 is 11.6 Å². The fraction of sp³-hybridized carbons (Fsp3) is 0.118. The smallest absolute Gasteiger partial charge is 0.256 e. The van der Waals surface area contributed by atoms with Gasteiger partial charge in [-0.3, -0.25) is 4.79 Å². The molecule has 1 N–H and O–H groups in total. The molecule has 0 fully saturated rings. The van der Waals surface area contributed by atoms with Crippen molar-refractivity contribution in [3.05, 3.63) is 64.9 Å². The molecular weight excluding hydrogens is 295 g/mol. The van der Waals surface area contributed by atoms with E-state index >= 15 is 0 Å². The summed E-state index contributed by atoms with van der Waals surface area (Å²) in [6.07, 6.45) is 0. The lowest BCUT2D eigenvalue weighted by Crippen LogP contribution is -2.24. The number of halogens is 1. The number of allylic oxidation sites excluding steroid dienone is 2. The molecule has 0 radical (unpaired) electrons. The van der Waals surface area contributed by atoms with Gasteiger partial charge in [0.15, 0.2) is 11.4 Å². The predicted octanol–water partition coefficient (Wildman–Crippen LogP) is 2.89. The molecular formula is C17H13FN4O. The highest BCUT2D eigenvalue weighted by Gasteiger charge is 2.16. The zero-order valence-electron chi connectivity index (χ0n) is 12.6. The first-order valence-corrected chi connectivity index (χ1v) is 6.74. The van der Waals surface area contributed by atoms with E-state index in [9.17, 15) is 19.7 Å². The van der Waals surface area contributed by atoms with Gasteiger partial charge >= 0.3 is 0 Å². The van der Waals surface area contributed by atoms with E-state index in [0.717, 1.165) is 23.5 Å². The van der Waals surface area contributed by atoms with Gasteiger partial charge in [-0.15, -0.1) is 0 Å². The van der Waals surface area contributed by atoms with E-state index in [0.29, 0.717) is 0 Å². The lowest BCUT2D eigenvalue weighted by Gasteiger charge is -2.11. The van der Waals surface area contributed by atoms with Gasteiger partial charge < -0.3 is 9.88 Å². The van der Waals surface area contributed by atoms with Crippen LogP contribution in [0.5, 0.6) is 0 Å². The first-order chi connectivity index (χ1) is 11.0. The maximum Gasteiger partial charge on any atom is 0.256 e. The van der Waals surface area contributed by atoms with Gasteiger partial charge in [-0.05, 0) is 50.2 Å². The Morgan fingerprint density at radius 2 is 1.61 bits per heavy atom. The van der Waals surface area contributed by atoms with E-state index < -0.39 is 11.7 Å². The monoisotopic (exact) mass is 308 g/mol. The SMILES string of the molecule is Cc1ccc(C)n1C(C#N)=C(C#N)NC(=O)c1ccc(F)cc1. The van der Waals surface area contributed by atoms with E-state index in [1.54, 1.807) is 18.4 Å². The molecule has 0 atom stereocenters. The number of nitriles is 2. The standard InChI is InChI=1S/C17H13FN4O/c1-11-3-4-12(2)22(11)16(10-20)15(9-19)21-17(23)13-5-7-14(18)8-6-13/h3-8H,1-2H3,(H,21,23). The van der Waals surface area contributed by atoms with Crippen LogP contribution in [0.2, 0.25) is 0 Å². The minimum Gasteiger partial charge on any atom is -0.311 e. The summed E-state index contributed by atoms with van der Waals surface area (Å²) < 4.78 is 14.5. The largest absolute Gasteiger partial charge is 0.311 e. The van der Waals surface area contributed by atoms with Gasteiger partial charge in [0.1, 0.15) is 18.0 Å². The summed E-state index contributed by atoms with van der Waals surface area (Å²) in [6, 6.07) is 12.3. The van der Waals surface area contributed by atoms with Crippen molar-refractivity contribution < 1.29 is 9.18 Å². The fourth-order valence-electron chi connectivity index (χ4n) is 2.17. The highest BCUT2D eigenvalue weighted by molar-refractivity contribution is 5.96. The first-order valence-electron chi connectivity index (χ1n) is 6.74. The van der Waals surface area contributed by atoms with Crippen LogP contribution in [0.15, 0.2) is 42.1 Å². The maximum atomic E-state index is 12.9. The summed E-state index contributed by atoms with van der Waals surface area (Å²) >= 11 is 0. The minimum atomic E-state index is -0.586. The summed E-state index contributed by atoms with van der Waals surface area (Å²) in [7, 11) is 0. The van der Waals surface area contributed by atoms with Crippen LogP contribution in [-0.4, -0.2) is 10.5 Å². The van der Waals surface area contributed by atoms with E-state index in [-0.39, 0.29) is 17.0 Å². The van der Waals surface area contributed by atoms with Crippen molar-refractivity contribution in [2.75, 3.05) is 0 Å². The molecule has 0 unspecified atom stereocenters. The van der Waals surface area contributed by atoms with E-state index in [4.69, 9.17) is 0 Å². The second-order valence-electron chi connectivity index (χ2n) is 4.86. The van der Waals surface area contributed by atoms with Gasteiger partial charge in [-0.25, -0.2) is 4.39 Å². The van der Waals surface area contributed by atoms with Crippen molar-refractivity contribution in [2.24, 2.45) is 0 Å². The molecule has 2 rings (SSSR count). The molecule has 2 aromatic rings. The van der Waals surface area contributed by atoms with E-state index in [1.807, 2.05) is 24.3 Å². The summed E-state index contributed by atoms with van der Waals surface area (Å²) in [5.41, 5.74) is 1.59. The molecule has 1 heterocycles. The number of rotatable bonds is 3. The highest BCUT2D eigenvalue weighted by Crippen LogP contribution is 2.17. The summed E-state index contributed by atoms with van der Waals surface area (Å²) in [6.45, 7) is 3.59. The Hall–Kier alpha value is -3.38. The number of aryl methyl sites for hydroxylation is 2. The van der Waals surface area contributed by atoms with Crippen molar-refractivity contribution in [3.8, 4) is 12.1 Å². The number of hydrogen-bond acceptors (Lipinski definition) is 3. The lowest BCUT2D eigenvalue weighted by atomic mass is 10.2. The van der Waals surface area contributed by atoms with E-state index in [1.165, 1.54) is 12.1 Å². The molecule has 23 heavy (non-hydrogen) atoms. The predicted molar refractivity (Wildman–Crippen MR) is 82.2 cm³/mol. The topological polar surface area (TPSA) is 81.6 Å².